The zero-order valence-corrected chi connectivity index (χ0v) is 18.7. The van der Waals surface area contributed by atoms with E-state index >= 15 is 0 Å². The molecular formula is C25H20ClN3O4. The molecule has 0 atom stereocenters. The summed E-state index contributed by atoms with van der Waals surface area (Å²) in [5.41, 5.74) is 2.49. The molecule has 0 spiro atoms. The van der Waals surface area contributed by atoms with E-state index in [2.05, 4.69) is 10.3 Å². The van der Waals surface area contributed by atoms with Crippen molar-refractivity contribution < 1.29 is 19.1 Å². The molecule has 7 nitrogen and oxygen atoms in total. The maximum atomic E-state index is 13.2. The monoisotopic (exact) mass is 461 g/mol. The van der Waals surface area contributed by atoms with Crippen LogP contribution >= 0.6 is 11.6 Å². The number of methoxy groups -OCH3 is 1. The van der Waals surface area contributed by atoms with Gasteiger partial charge >= 0.3 is 0 Å². The second-order valence-corrected chi connectivity index (χ2v) is 7.87. The standard InChI is InChI=1S/C25H20ClN3O4/c1-29-21-8-7-17(24(31)28-14-16-6-9-22(33-2)27-13-16)12-19(21)23(30)20(25(29)32)11-15-4-3-5-18(26)10-15/h3-13H,14H2,1-2H3,(H,28,31). The van der Waals surface area contributed by atoms with E-state index in [9.17, 15) is 14.4 Å². The number of nitrogens with zero attached hydrogens (tertiary/aromatic N) is 2. The minimum absolute atomic E-state index is 0.00846. The van der Waals surface area contributed by atoms with Crippen molar-refractivity contribution in [2.24, 2.45) is 0 Å². The van der Waals surface area contributed by atoms with E-state index < -0.39 is 11.7 Å². The van der Waals surface area contributed by atoms with E-state index in [1.165, 1.54) is 24.2 Å². The quantitative estimate of drug-likeness (QED) is 0.459. The molecule has 1 N–H and O–H groups in total. The van der Waals surface area contributed by atoms with Crippen molar-refractivity contribution in [2.75, 3.05) is 19.1 Å². The second-order valence-electron chi connectivity index (χ2n) is 7.43. The van der Waals surface area contributed by atoms with Crippen LogP contribution in [0.25, 0.3) is 6.08 Å². The number of nitrogens with one attached hydrogen (secondary N) is 1. The van der Waals surface area contributed by atoms with Crippen LogP contribution in [-0.2, 0) is 11.3 Å². The van der Waals surface area contributed by atoms with Crippen molar-refractivity contribution in [3.8, 4) is 5.88 Å². The molecule has 0 bridgehead atoms. The Hall–Kier alpha value is -3.97. The molecule has 2 amide bonds. The minimum atomic E-state index is -0.443. The molecule has 166 valence electrons. The maximum Gasteiger partial charge on any atom is 0.262 e. The van der Waals surface area contributed by atoms with Crippen LogP contribution in [-0.4, -0.2) is 36.7 Å². The number of Topliss-reactive ketones (excluding diaryl/α,β-unsaturated/α-hetero) is 1. The van der Waals surface area contributed by atoms with Gasteiger partial charge in [0.15, 0.2) is 0 Å². The van der Waals surface area contributed by atoms with Crippen molar-refractivity contribution in [3.05, 3.63) is 93.6 Å². The summed E-state index contributed by atoms with van der Waals surface area (Å²) in [7, 11) is 3.12. The van der Waals surface area contributed by atoms with E-state index in [1.807, 2.05) is 0 Å². The zero-order chi connectivity index (χ0) is 23.5. The number of rotatable bonds is 5. The molecule has 0 unspecified atom stereocenters. The number of hydrogen-bond acceptors (Lipinski definition) is 5. The van der Waals surface area contributed by atoms with E-state index in [1.54, 1.807) is 61.8 Å². The van der Waals surface area contributed by atoms with Crippen molar-refractivity contribution >= 4 is 41.0 Å². The average molecular weight is 462 g/mol. The summed E-state index contributed by atoms with van der Waals surface area (Å²) >= 11 is 6.03. The lowest BCUT2D eigenvalue weighted by atomic mass is 9.92. The van der Waals surface area contributed by atoms with Gasteiger partial charge in [0, 0.05) is 42.0 Å². The molecule has 1 aliphatic rings. The fourth-order valence-corrected chi connectivity index (χ4v) is 3.69. The molecule has 8 heteroatoms. The number of anilines is 1. The number of fused-ring (bicyclic) bond motifs is 1. The molecular weight excluding hydrogens is 442 g/mol. The number of carbonyl (C=O) groups excluding carboxylic acids is 3. The topological polar surface area (TPSA) is 88.6 Å². The predicted octanol–water partition coefficient (Wildman–Crippen LogP) is 3.92. The summed E-state index contributed by atoms with van der Waals surface area (Å²) in [6.45, 7) is 0.263. The molecule has 0 aliphatic carbocycles. The highest BCUT2D eigenvalue weighted by Crippen LogP contribution is 2.31. The Morgan fingerprint density at radius 2 is 1.97 bits per heavy atom. The first-order valence-corrected chi connectivity index (χ1v) is 10.5. The number of benzene rings is 2. The summed E-state index contributed by atoms with van der Waals surface area (Å²) in [6, 6.07) is 15.1. The van der Waals surface area contributed by atoms with Gasteiger partial charge in [-0.3, -0.25) is 14.4 Å². The lowest BCUT2D eigenvalue weighted by Crippen LogP contribution is -2.37. The van der Waals surface area contributed by atoms with Crippen molar-refractivity contribution in [3.63, 3.8) is 0 Å². The molecule has 33 heavy (non-hydrogen) atoms. The number of ether oxygens (including phenoxy) is 1. The van der Waals surface area contributed by atoms with Gasteiger partial charge in [0.1, 0.15) is 0 Å². The third-order valence-corrected chi connectivity index (χ3v) is 5.50. The van der Waals surface area contributed by atoms with Crippen LogP contribution in [0.3, 0.4) is 0 Å². The van der Waals surface area contributed by atoms with Crippen molar-refractivity contribution in [1.29, 1.82) is 0 Å². The Kier molecular flexibility index (Phi) is 6.24. The zero-order valence-electron chi connectivity index (χ0n) is 18.0. The van der Waals surface area contributed by atoms with Crippen LogP contribution in [0.2, 0.25) is 5.02 Å². The van der Waals surface area contributed by atoms with Gasteiger partial charge in [0.2, 0.25) is 11.7 Å². The normalized spacial score (nSPS) is 14.3. The Balaban J connectivity index is 1.59. The minimum Gasteiger partial charge on any atom is -0.481 e. The number of carbonyl (C=O) groups is 3. The van der Waals surface area contributed by atoms with Crippen LogP contribution in [0.1, 0.15) is 31.8 Å². The molecule has 4 rings (SSSR count). The van der Waals surface area contributed by atoms with Crippen LogP contribution in [0.4, 0.5) is 5.69 Å². The summed E-state index contributed by atoms with van der Waals surface area (Å²) in [5, 5.41) is 3.31. The first-order valence-electron chi connectivity index (χ1n) is 10.1. The number of halogens is 1. The molecule has 0 saturated heterocycles. The Labute approximate surface area is 195 Å². The van der Waals surface area contributed by atoms with Gasteiger partial charge in [0.05, 0.1) is 18.4 Å². The molecule has 1 aliphatic heterocycles. The van der Waals surface area contributed by atoms with E-state index in [0.29, 0.717) is 27.7 Å². The first-order chi connectivity index (χ1) is 15.9. The predicted molar refractivity (Wildman–Crippen MR) is 126 cm³/mol. The number of ketones is 1. The van der Waals surface area contributed by atoms with E-state index in [4.69, 9.17) is 16.3 Å². The smallest absolute Gasteiger partial charge is 0.262 e. The Bertz CT molecular complexity index is 1290. The van der Waals surface area contributed by atoms with Gasteiger partial charge < -0.3 is 15.0 Å². The molecule has 0 fully saturated rings. The lowest BCUT2D eigenvalue weighted by molar-refractivity contribution is -0.114. The molecule has 1 aromatic heterocycles. The van der Waals surface area contributed by atoms with Gasteiger partial charge in [-0.05, 0) is 47.5 Å². The van der Waals surface area contributed by atoms with Crippen LogP contribution in [0.5, 0.6) is 5.88 Å². The highest BCUT2D eigenvalue weighted by atomic mass is 35.5. The first kappa shape index (κ1) is 22.2. The van der Waals surface area contributed by atoms with E-state index in [-0.39, 0.29) is 23.6 Å². The summed E-state index contributed by atoms with van der Waals surface area (Å²) in [5.74, 6) is -0.723. The number of pyridine rings is 1. The summed E-state index contributed by atoms with van der Waals surface area (Å²) in [6.07, 6.45) is 3.13. The van der Waals surface area contributed by atoms with Gasteiger partial charge in [0.25, 0.3) is 11.8 Å². The fourth-order valence-electron chi connectivity index (χ4n) is 3.49. The number of hydrogen-bond donors (Lipinski definition) is 1. The highest BCUT2D eigenvalue weighted by Gasteiger charge is 2.33. The average Bonchev–Trinajstić information content (AvgIpc) is 2.83. The van der Waals surface area contributed by atoms with Gasteiger partial charge in [-0.2, -0.15) is 0 Å². The van der Waals surface area contributed by atoms with E-state index in [0.717, 1.165) is 5.56 Å². The SMILES string of the molecule is COc1ccc(CNC(=O)c2ccc3c(c2)C(=O)C(=Cc2cccc(Cl)c2)C(=O)N3C)cn1. The Morgan fingerprint density at radius 1 is 1.15 bits per heavy atom. The largest absolute Gasteiger partial charge is 0.481 e. The molecule has 0 radical (unpaired) electrons. The van der Waals surface area contributed by atoms with Crippen molar-refractivity contribution in [2.45, 2.75) is 6.54 Å². The summed E-state index contributed by atoms with van der Waals surface area (Å²) < 4.78 is 5.03. The molecule has 0 saturated carbocycles. The number of likely N-dealkylation sites (N-methyl/N-ethyl adjacent to an activating group) is 1. The van der Waals surface area contributed by atoms with Gasteiger partial charge in [-0.25, -0.2) is 4.98 Å². The van der Waals surface area contributed by atoms with Gasteiger partial charge in [-0.15, -0.1) is 0 Å². The maximum absolute atomic E-state index is 13.2. The van der Waals surface area contributed by atoms with Crippen LogP contribution < -0.4 is 15.0 Å². The van der Waals surface area contributed by atoms with Gasteiger partial charge in [-0.1, -0.05) is 29.8 Å². The molecule has 2 aromatic carbocycles. The van der Waals surface area contributed by atoms with Crippen molar-refractivity contribution in [1.82, 2.24) is 10.3 Å². The third-order valence-electron chi connectivity index (χ3n) is 5.26. The molecule has 3 aromatic rings. The second kappa shape index (κ2) is 9.26. The number of aromatic nitrogens is 1. The lowest BCUT2D eigenvalue weighted by Gasteiger charge is -2.27. The molecule has 2 heterocycles. The summed E-state index contributed by atoms with van der Waals surface area (Å²) in [4.78, 5) is 44.2. The fraction of sp³-hybridized carbons (Fsp3) is 0.120. The Morgan fingerprint density at radius 3 is 2.67 bits per heavy atom. The highest BCUT2D eigenvalue weighted by molar-refractivity contribution is 6.37. The van der Waals surface area contributed by atoms with Crippen LogP contribution in [0, 0.1) is 0 Å². The number of amides is 2. The van der Waals surface area contributed by atoms with Crippen LogP contribution in [0.15, 0.2) is 66.4 Å². The third kappa shape index (κ3) is 4.63.